The molecule has 0 bridgehead atoms. The van der Waals surface area contributed by atoms with Crippen molar-refractivity contribution in [3.05, 3.63) is 0 Å². The van der Waals surface area contributed by atoms with Crippen molar-refractivity contribution in [1.29, 1.82) is 0 Å². The lowest BCUT2D eigenvalue weighted by Crippen LogP contribution is -2.53. The molecule has 2 fully saturated rings. The van der Waals surface area contributed by atoms with Crippen molar-refractivity contribution >= 4 is 5.91 Å². The number of carbonyl (C=O) groups is 1. The van der Waals surface area contributed by atoms with Crippen molar-refractivity contribution in [2.75, 3.05) is 19.8 Å². The molecule has 1 unspecified atom stereocenters. The van der Waals surface area contributed by atoms with Crippen LogP contribution in [-0.2, 0) is 9.53 Å². The number of nitrogens with one attached hydrogen (secondary N) is 2. The standard InChI is InChI=1S/C14H26N2O2/c1-14(8-5-9-18-11-14)15-10-13(17)16-12-6-3-2-4-7-12/h12,15H,2-11H2,1H3,(H,16,17). The van der Waals surface area contributed by atoms with Gasteiger partial charge in [0.15, 0.2) is 0 Å². The van der Waals surface area contributed by atoms with E-state index in [0.717, 1.165) is 32.3 Å². The van der Waals surface area contributed by atoms with Gasteiger partial charge in [-0.1, -0.05) is 19.3 Å². The Balaban J connectivity index is 1.67. The summed E-state index contributed by atoms with van der Waals surface area (Å²) in [5.74, 6) is 0.133. The average Bonchev–Trinajstić information content (AvgIpc) is 2.39. The Morgan fingerprint density at radius 1 is 1.28 bits per heavy atom. The van der Waals surface area contributed by atoms with Crippen LogP contribution in [0.15, 0.2) is 0 Å². The van der Waals surface area contributed by atoms with Crippen molar-refractivity contribution in [2.24, 2.45) is 0 Å². The van der Waals surface area contributed by atoms with Crippen molar-refractivity contribution in [3.63, 3.8) is 0 Å². The molecule has 2 rings (SSSR count). The predicted octanol–water partition coefficient (Wildman–Crippen LogP) is 1.59. The highest BCUT2D eigenvalue weighted by molar-refractivity contribution is 5.78. The monoisotopic (exact) mass is 254 g/mol. The zero-order valence-corrected chi connectivity index (χ0v) is 11.5. The molecular weight excluding hydrogens is 228 g/mol. The number of hydrogen-bond donors (Lipinski definition) is 2. The quantitative estimate of drug-likeness (QED) is 0.801. The van der Waals surface area contributed by atoms with Crippen molar-refractivity contribution in [2.45, 2.75) is 63.5 Å². The topological polar surface area (TPSA) is 50.4 Å². The maximum Gasteiger partial charge on any atom is 0.234 e. The van der Waals surface area contributed by atoms with Crippen LogP contribution in [0.5, 0.6) is 0 Å². The van der Waals surface area contributed by atoms with Crippen LogP contribution < -0.4 is 10.6 Å². The molecule has 4 nitrogen and oxygen atoms in total. The number of amides is 1. The number of rotatable bonds is 4. The van der Waals surface area contributed by atoms with E-state index in [1.54, 1.807) is 0 Å². The van der Waals surface area contributed by atoms with E-state index < -0.39 is 0 Å². The minimum Gasteiger partial charge on any atom is -0.380 e. The first-order valence-electron chi connectivity index (χ1n) is 7.30. The van der Waals surface area contributed by atoms with Crippen LogP contribution in [0.25, 0.3) is 0 Å². The van der Waals surface area contributed by atoms with Gasteiger partial charge in [0, 0.05) is 18.2 Å². The fourth-order valence-electron chi connectivity index (χ4n) is 2.89. The molecule has 1 heterocycles. The van der Waals surface area contributed by atoms with Gasteiger partial charge in [-0.15, -0.1) is 0 Å². The van der Waals surface area contributed by atoms with E-state index in [4.69, 9.17) is 4.74 Å². The van der Waals surface area contributed by atoms with Crippen LogP contribution in [-0.4, -0.2) is 37.2 Å². The Kier molecular flexibility index (Phi) is 5.01. The second kappa shape index (κ2) is 6.53. The lowest BCUT2D eigenvalue weighted by atomic mass is 9.94. The minimum absolute atomic E-state index is 0.0256. The van der Waals surface area contributed by atoms with Crippen LogP contribution in [0.3, 0.4) is 0 Å². The zero-order valence-electron chi connectivity index (χ0n) is 11.5. The van der Waals surface area contributed by atoms with Crippen molar-refractivity contribution in [3.8, 4) is 0 Å². The Bertz CT molecular complexity index is 269. The van der Waals surface area contributed by atoms with E-state index >= 15 is 0 Å². The van der Waals surface area contributed by atoms with E-state index in [2.05, 4.69) is 17.6 Å². The molecule has 1 saturated heterocycles. The third-order valence-electron chi connectivity index (χ3n) is 4.08. The third-order valence-corrected chi connectivity index (χ3v) is 4.08. The number of carbonyl (C=O) groups excluding carboxylic acids is 1. The van der Waals surface area contributed by atoms with Gasteiger partial charge in [0.25, 0.3) is 0 Å². The van der Waals surface area contributed by atoms with Gasteiger partial charge in [-0.2, -0.15) is 0 Å². The molecule has 0 aromatic carbocycles. The van der Waals surface area contributed by atoms with Gasteiger partial charge >= 0.3 is 0 Å². The van der Waals surface area contributed by atoms with Gasteiger partial charge in [-0.05, 0) is 32.6 Å². The summed E-state index contributed by atoms with van der Waals surface area (Å²) in [6, 6.07) is 0.406. The smallest absolute Gasteiger partial charge is 0.234 e. The lowest BCUT2D eigenvalue weighted by Gasteiger charge is -2.34. The molecule has 18 heavy (non-hydrogen) atoms. The normalized spacial score (nSPS) is 30.1. The van der Waals surface area contributed by atoms with Crippen molar-refractivity contribution in [1.82, 2.24) is 10.6 Å². The SMILES string of the molecule is CC1(NCC(=O)NC2CCCCC2)CCCOC1. The molecule has 1 saturated carbocycles. The van der Waals surface area contributed by atoms with E-state index in [0.29, 0.717) is 19.2 Å². The summed E-state index contributed by atoms with van der Waals surface area (Å²) in [5.41, 5.74) is -0.0256. The zero-order chi connectivity index (χ0) is 12.8. The van der Waals surface area contributed by atoms with E-state index in [1.807, 2.05) is 0 Å². The molecule has 0 aromatic rings. The summed E-state index contributed by atoms with van der Waals surface area (Å²) >= 11 is 0. The van der Waals surface area contributed by atoms with Crippen LogP contribution in [0.2, 0.25) is 0 Å². The molecule has 2 aliphatic rings. The van der Waals surface area contributed by atoms with Crippen LogP contribution in [0.4, 0.5) is 0 Å². The van der Waals surface area contributed by atoms with Gasteiger partial charge in [-0.25, -0.2) is 0 Å². The first-order chi connectivity index (χ1) is 8.68. The van der Waals surface area contributed by atoms with Crippen LogP contribution in [0.1, 0.15) is 51.9 Å². The number of ether oxygens (including phenoxy) is 1. The van der Waals surface area contributed by atoms with Gasteiger partial charge in [0.05, 0.1) is 13.2 Å². The van der Waals surface area contributed by atoms with Crippen molar-refractivity contribution < 1.29 is 9.53 Å². The Morgan fingerprint density at radius 2 is 2.06 bits per heavy atom. The minimum atomic E-state index is -0.0256. The molecule has 0 spiro atoms. The Hall–Kier alpha value is -0.610. The fourth-order valence-corrected chi connectivity index (χ4v) is 2.89. The fraction of sp³-hybridized carbons (Fsp3) is 0.929. The summed E-state index contributed by atoms with van der Waals surface area (Å²) in [7, 11) is 0. The lowest BCUT2D eigenvalue weighted by molar-refractivity contribution is -0.121. The number of hydrogen-bond acceptors (Lipinski definition) is 3. The average molecular weight is 254 g/mol. The van der Waals surface area contributed by atoms with Crippen LogP contribution >= 0.6 is 0 Å². The first kappa shape index (κ1) is 13.8. The van der Waals surface area contributed by atoms with Crippen LogP contribution in [0, 0.1) is 0 Å². The van der Waals surface area contributed by atoms with Gasteiger partial charge < -0.3 is 15.4 Å². The summed E-state index contributed by atoms with van der Waals surface area (Å²) in [6.07, 6.45) is 8.28. The van der Waals surface area contributed by atoms with Gasteiger partial charge in [0.1, 0.15) is 0 Å². The summed E-state index contributed by atoms with van der Waals surface area (Å²) < 4.78 is 5.47. The predicted molar refractivity (Wildman–Crippen MR) is 71.5 cm³/mol. The Morgan fingerprint density at radius 3 is 2.72 bits per heavy atom. The van der Waals surface area contributed by atoms with E-state index in [1.165, 1.54) is 19.3 Å². The molecule has 2 N–H and O–H groups in total. The second-order valence-electron chi connectivity index (χ2n) is 5.97. The highest BCUT2D eigenvalue weighted by atomic mass is 16.5. The molecule has 1 atom stereocenters. The Labute approximate surface area is 110 Å². The second-order valence-corrected chi connectivity index (χ2v) is 5.97. The maximum absolute atomic E-state index is 11.9. The molecule has 4 heteroatoms. The molecule has 1 aliphatic carbocycles. The van der Waals surface area contributed by atoms with E-state index in [9.17, 15) is 4.79 Å². The molecule has 0 radical (unpaired) electrons. The molecule has 1 amide bonds. The largest absolute Gasteiger partial charge is 0.380 e. The molecular formula is C14H26N2O2. The highest BCUT2D eigenvalue weighted by Crippen LogP contribution is 2.18. The third kappa shape index (κ3) is 4.25. The highest BCUT2D eigenvalue weighted by Gasteiger charge is 2.27. The maximum atomic E-state index is 11.9. The molecule has 104 valence electrons. The summed E-state index contributed by atoms with van der Waals surface area (Å²) in [4.78, 5) is 11.9. The summed E-state index contributed by atoms with van der Waals surface area (Å²) in [6.45, 7) is 4.12. The first-order valence-corrected chi connectivity index (χ1v) is 7.30. The van der Waals surface area contributed by atoms with Gasteiger partial charge in [0.2, 0.25) is 5.91 Å². The molecule has 0 aromatic heterocycles. The molecule has 1 aliphatic heterocycles. The summed E-state index contributed by atoms with van der Waals surface area (Å²) in [5, 5.41) is 6.48. The van der Waals surface area contributed by atoms with E-state index in [-0.39, 0.29) is 11.4 Å². The van der Waals surface area contributed by atoms with Gasteiger partial charge in [-0.3, -0.25) is 4.79 Å².